The normalized spacial score (nSPS) is 18.7. The Kier molecular flexibility index (Phi) is 9.58. The maximum absolute atomic E-state index is 13.1. The third-order valence-electron chi connectivity index (χ3n) is 8.59. The third-order valence-corrected chi connectivity index (χ3v) is 10.2. The lowest BCUT2D eigenvalue weighted by Crippen LogP contribution is -2.31. The molecular formula is C30H37ClF3N7O4S. The molecule has 2 aliphatic rings. The predicted octanol–water partition coefficient (Wildman–Crippen LogP) is 5.15. The first-order chi connectivity index (χ1) is 21.6. The Morgan fingerprint density at radius 3 is 2.59 bits per heavy atom. The van der Waals surface area contributed by atoms with Crippen LogP contribution in [0.2, 0.25) is 5.15 Å². The molecule has 4 heterocycles. The van der Waals surface area contributed by atoms with E-state index in [1.807, 2.05) is 16.7 Å². The topological polar surface area (TPSA) is 131 Å². The minimum absolute atomic E-state index is 0.0938. The van der Waals surface area contributed by atoms with Gasteiger partial charge in [0.1, 0.15) is 15.9 Å². The van der Waals surface area contributed by atoms with Crippen LogP contribution in [0.25, 0.3) is 5.82 Å². The van der Waals surface area contributed by atoms with Crippen molar-refractivity contribution in [2.24, 2.45) is 11.3 Å². The first-order valence-corrected chi connectivity index (χ1v) is 16.9. The quantitative estimate of drug-likeness (QED) is 0.235. The van der Waals surface area contributed by atoms with E-state index in [-0.39, 0.29) is 58.7 Å². The number of hydrogen-bond donors (Lipinski definition) is 2. The molecule has 1 unspecified atom stereocenters. The highest BCUT2D eigenvalue weighted by Gasteiger charge is 2.62. The van der Waals surface area contributed by atoms with E-state index in [4.69, 9.17) is 16.3 Å². The lowest BCUT2D eigenvalue weighted by atomic mass is 9.94. The van der Waals surface area contributed by atoms with Crippen LogP contribution in [0.15, 0.2) is 47.6 Å². The first-order valence-electron chi connectivity index (χ1n) is 15.0. The van der Waals surface area contributed by atoms with Crippen molar-refractivity contribution in [3.8, 4) is 11.7 Å². The summed E-state index contributed by atoms with van der Waals surface area (Å²) in [6, 6.07) is 7.11. The molecule has 250 valence electrons. The van der Waals surface area contributed by atoms with Gasteiger partial charge in [0.15, 0.2) is 5.82 Å². The number of sulfonamides is 1. The van der Waals surface area contributed by atoms with Crippen LogP contribution in [-0.4, -0.2) is 72.5 Å². The number of aromatic nitrogens is 4. The number of alkyl halides is 3. The highest BCUT2D eigenvalue weighted by atomic mass is 35.5. The maximum atomic E-state index is 13.1. The SMILES string of the molecule is CN(CCCC1CNC(C)(C)C1)c1ccc(S(=O)(=O)NC(=O)c2ccc(-n3ccc(OCCC4(C(F)(F)F)CC4)n3)nc2Cl)cn1. The molecular weight excluding hydrogens is 647 g/mol. The molecule has 2 fully saturated rings. The van der Waals surface area contributed by atoms with Gasteiger partial charge in [-0.15, -0.1) is 5.10 Å². The fourth-order valence-electron chi connectivity index (χ4n) is 5.63. The smallest absolute Gasteiger partial charge is 0.394 e. The van der Waals surface area contributed by atoms with Gasteiger partial charge in [-0.2, -0.15) is 13.2 Å². The van der Waals surface area contributed by atoms with Crippen LogP contribution in [0.5, 0.6) is 5.88 Å². The molecule has 0 spiro atoms. The largest absolute Gasteiger partial charge is 0.477 e. The van der Waals surface area contributed by atoms with Crippen LogP contribution in [0.4, 0.5) is 19.0 Å². The van der Waals surface area contributed by atoms with E-state index < -0.39 is 27.5 Å². The molecule has 3 aromatic rings. The Labute approximate surface area is 270 Å². The first kappa shape index (κ1) is 33.9. The van der Waals surface area contributed by atoms with E-state index in [2.05, 4.69) is 34.2 Å². The monoisotopic (exact) mass is 683 g/mol. The number of rotatable bonds is 13. The molecule has 0 aromatic carbocycles. The summed E-state index contributed by atoms with van der Waals surface area (Å²) < 4.78 is 73.9. The van der Waals surface area contributed by atoms with Gasteiger partial charge in [-0.25, -0.2) is 27.8 Å². The van der Waals surface area contributed by atoms with Gasteiger partial charge in [-0.1, -0.05) is 11.6 Å². The summed E-state index contributed by atoms with van der Waals surface area (Å²) in [5.74, 6) is 0.532. The number of carbonyl (C=O) groups is 1. The molecule has 3 aromatic heterocycles. The maximum Gasteiger partial charge on any atom is 0.394 e. The number of carbonyl (C=O) groups excluding carboxylic acids is 1. The van der Waals surface area contributed by atoms with Crippen molar-refractivity contribution in [1.29, 1.82) is 0 Å². The lowest BCUT2D eigenvalue weighted by molar-refractivity contribution is -0.190. The Bertz CT molecular complexity index is 1660. The second-order valence-corrected chi connectivity index (χ2v) is 14.7. The summed E-state index contributed by atoms with van der Waals surface area (Å²) in [4.78, 5) is 23.0. The van der Waals surface area contributed by atoms with Crippen LogP contribution in [-0.2, 0) is 10.0 Å². The molecule has 1 aliphatic heterocycles. The minimum atomic E-state index is -4.27. The molecule has 11 nitrogen and oxygen atoms in total. The Hall–Kier alpha value is -3.43. The van der Waals surface area contributed by atoms with Crippen LogP contribution in [0.1, 0.15) is 62.7 Å². The van der Waals surface area contributed by atoms with Crippen molar-refractivity contribution in [2.75, 3.05) is 31.6 Å². The van der Waals surface area contributed by atoms with Crippen molar-refractivity contribution in [1.82, 2.24) is 29.8 Å². The van der Waals surface area contributed by atoms with Gasteiger partial charge in [-0.3, -0.25) is 4.79 Å². The summed E-state index contributed by atoms with van der Waals surface area (Å²) in [6.45, 7) is 6.05. The molecule has 0 radical (unpaired) electrons. The fourth-order valence-corrected chi connectivity index (χ4v) is 6.77. The molecule has 1 amide bonds. The number of anilines is 1. The average molecular weight is 684 g/mol. The predicted molar refractivity (Wildman–Crippen MR) is 166 cm³/mol. The van der Waals surface area contributed by atoms with Gasteiger partial charge in [-0.05, 0) is 89.1 Å². The minimum Gasteiger partial charge on any atom is -0.477 e. The van der Waals surface area contributed by atoms with E-state index in [1.165, 1.54) is 41.3 Å². The third kappa shape index (κ3) is 7.92. The number of halogens is 4. The summed E-state index contributed by atoms with van der Waals surface area (Å²) in [7, 11) is -2.37. The molecule has 46 heavy (non-hydrogen) atoms. The Morgan fingerprint density at radius 2 is 1.98 bits per heavy atom. The van der Waals surface area contributed by atoms with Gasteiger partial charge in [0.25, 0.3) is 15.9 Å². The van der Waals surface area contributed by atoms with Gasteiger partial charge in [0, 0.05) is 37.6 Å². The second kappa shape index (κ2) is 13.0. The standard InChI is InChI=1S/C30H37ClF3N7O4S/c1-28(2)17-20(18-36-28)5-4-14-40(3)23-8-6-21(19-35-23)46(43,44)39-27(42)22-7-9-24(37-26(22)31)41-15-10-25(38-41)45-16-13-29(11-12-29)30(32,33)34/h6-10,15,19-20,36H,4-5,11-14,16-18H2,1-3H3,(H,39,42). The highest BCUT2D eigenvalue weighted by Crippen LogP contribution is 2.59. The zero-order valence-corrected chi connectivity index (χ0v) is 27.3. The summed E-state index contributed by atoms with van der Waals surface area (Å²) in [5.41, 5.74) is -1.69. The molecule has 5 rings (SSSR count). The molecule has 1 saturated carbocycles. The molecule has 1 aliphatic carbocycles. The number of ether oxygens (including phenoxy) is 1. The zero-order chi connectivity index (χ0) is 33.3. The second-order valence-electron chi connectivity index (χ2n) is 12.7. The van der Waals surface area contributed by atoms with Crippen molar-refractivity contribution in [2.45, 2.75) is 69.0 Å². The molecule has 1 saturated heterocycles. The van der Waals surface area contributed by atoms with Crippen LogP contribution in [0, 0.1) is 11.3 Å². The highest BCUT2D eigenvalue weighted by molar-refractivity contribution is 7.90. The lowest BCUT2D eigenvalue weighted by Gasteiger charge is -2.20. The molecule has 1 atom stereocenters. The number of pyridine rings is 2. The van der Waals surface area contributed by atoms with E-state index >= 15 is 0 Å². The van der Waals surface area contributed by atoms with Crippen LogP contribution < -0.4 is 19.7 Å². The molecule has 0 bridgehead atoms. The molecule has 2 N–H and O–H groups in total. The van der Waals surface area contributed by atoms with Crippen LogP contribution in [0.3, 0.4) is 0 Å². The fraction of sp³-hybridized carbons (Fsp3) is 0.533. The Balaban J connectivity index is 1.13. The number of hydrogen-bond acceptors (Lipinski definition) is 9. The summed E-state index contributed by atoms with van der Waals surface area (Å²) in [5, 5.41) is 7.39. The summed E-state index contributed by atoms with van der Waals surface area (Å²) >= 11 is 6.22. The van der Waals surface area contributed by atoms with Crippen molar-refractivity contribution >= 4 is 33.3 Å². The van der Waals surface area contributed by atoms with E-state index in [0.717, 1.165) is 32.4 Å². The number of nitrogens with one attached hydrogen (secondary N) is 2. The van der Waals surface area contributed by atoms with Crippen LogP contribution >= 0.6 is 11.6 Å². The van der Waals surface area contributed by atoms with Gasteiger partial charge in [0.2, 0.25) is 5.88 Å². The van der Waals surface area contributed by atoms with E-state index in [1.54, 1.807) is 6.07 Å². The number of nitrogens with zero attached hydrogens (tertiary/aromatic N) is 5. The van der Waals surface area contributed by atoms with E-state index in [9.17, 15) is 26.4 Å². The van der Waals surface area contributed by atoms with E-state index in [0.29, 0.717) is 11.7 Å². The molecule has 16 heteroatoms. The van der Waals surface area contributed by atoms with Crippen molar-refractivity contribution in [3.63, 3.8) is 0 Å². The van der Waals surface area contributed by atoms with Crippen molar-refractivity contribution < 1.29 is 31.1 Å². The average Bonchev–Trinajstić information content (AvgIpc) is 3.51. The summed E-state index contributed by atoms with van der Waals surface area (Å²) in [6.07, 6.45) is 1.64. The van der Waals surface area contributed by atoms with Gasteiger partial charge in [0.05, 0.1) is 17.6 Å². The zero-order valence-electron chi connectivity index (χ0n) is 25.8. The number of amides is 1. The van der Waals surface area contributed by atoms with Gasteiger partial charge < -0.3 is 15.0 Å². The van der Waals surface area contributed by atoms with Crippen molar-refractivity contribution in [3.05, 3.63) is 53.4 Å². The Morgan fingerprint density at radius 1 is 1.22 bits per heavy atom. The van der Waals surface area contributed by atoms with Gasteiger partial charge >= 0.3 is 6.18 Å².